The number of nitrogens with zero attached hydrogens (tertiary/aromatic N) is 1. The highest BCUT2D eigenvalue weighted by molar-refractivity contribution is 6.35. The summed E-state index contributed by atoms with van der Waals surface area (Å²) >= 11 is 12.1. The molecular weight excluding hydrogens is 253 g/mol. The third kappa shape index (κ3) is 2.94. The van der Waals surface area contributed by atoms with Gasteiger partial charge in [0.05, 0.1) is 12.0 Å². The Kier molecular flexibility index (Phi) is 4.31. The number of benzene rings is 1. The van der Waals surface area contributed by atoms with E-state index in [4.69, 9.17) is 23.2 Å². The summed E-state index contributed by atoms with van der Waals surface area (Å²) in [4.78, 5) is 0. The van der Waals surface area contributed by atoms with Crippen LogP contribution in [0.1, 0.15) is 43.6 Å². The van der Waals surface area contributed by atoms with Gasteiger partial charge in [0.15, 0.2) is 0 Å². The first-order valence-corrected chi connectivity index (χ1v) is 6.82. The molecule has 0 amide bonds. The van der Waals surface area contributed by atoms with Gasteiger partial charge in [0.2, 0.25) is 0 Å². The van der Waals surface area contributed by atoms with Crippen LogP contribution in [-0.2, 0) is 0 Å². The molecule has 1 saturated carbocycles. The van der Waals surface area contributed by atoms with Crippen LogP contribution in [0, 0.1) is 17.2 Å². The van der Waals surface area contributed by atoms with Crippen molar-refractivity contribution >= 4 is 23.2 Å². The van der Waals surface area contributed by atoms with E-state index in [9.17, 15) is 5.26 Å². The smallest absolute Gasteiger partial charge is 0.0755 e. The first kappa shape index (κ1) is 12.7. The second-order valence-corrected chi connectivity index (χ2v) is 5.51. The van der Waals surface area contributed by atoms with Crippen molar-refractivity contribution in [1.82, 2.24) is 0 Å². The second-order valence-electron chi connectivity index (χ2n) is 4.67. The normalized spacial score (nSPS) is 18.6. The fourth-order valence-corrected chi connectivity index (χ4v) is 3.18. The monoisotopic (exact) mass is 267 g/mol. The molecule has 0 saturated heterocycles. The fourth-order valence-electron chi connectivity index (χ4n) is 2.65. The number of nitriles is 1. The van der Waals surface area contributed by atoms with Gasteiger partial charge in [-0.15, -0.1) is 0 Å². The maximum absolute atomic E-state index is 9.38. The lowest BCUT2D eigenvalue weighted by atomic mass is 9.77. The van der Waals surface area contributed by atoms with Crippen LogP contribution >= 0.6 is 23.2 Å². The Bertz CT molecular complexity index is 430. The highest BCUT2D eigenvalue weighted by Crippen LogP contribution is 2.38. The van der Waals surface area contributed by atoms with Gasteiger partial charge >= 0.3 is 0 Å². The largest absolute Gasteiger partial charge is 0.198 e. The summed E-state index contributed by atoms with van der Waals surface area (Å²) in [6.45, 7) is 0. The molecule has 0 aromatic heterocycles. The van der Waals surface area contributed by atoms with Crippen LogP contribution in [0.15, 0.2) is 18.2 Å². The standard InChI is InChI=1S/C14H15Cl2N/c15-11-6-7-12(14(16)8-11)13(9-17)10-4-2-1-3-5-10/h6-8,10,13H,1-5H2. The van der Waals surface area contributed by atoms with Crippen LogP contribution < -0.4 is 0 Å². The summed E-state index contributed by atoms with van der Waals surface area (Å²) < 4.78 is 0. The molecule has 1 aromatic rings. The zero-order valence-corrected chi connectivity index (χ0v) is 11.1. The lowest BCUT2D eigenvalue weighted by Crippen LogP contribution is -2.15. The van der Waals surface area contributed by atoms with Gasteiger partial charge in [0.1, 0.15) is 0 Å². The minimum Gasteiger partial charge on any atom is -0.198 e. The van der Waals surface area contributed by atoms with Crippen molar-refractivity contribution in [3.05, 3.63) is 33.8 Å². The average molecular weight is 268 g/mol. The molecule has 90 valence electrons. The van der Waals surface area contributed by atoms with Crippen LogP contribution in [0.5, 0.6) is 0 Å². The predicted molar refractivity (Wildman–Crippen MR) is 71.4 cm³/mol. The van der Waals surface area contributed by atoms with Crippen molar-refractivity contribution in [1.29, 1.82) is 5.26 Å². The summed E-state index contributed by atoms with van der Waals surface area (Å²) in [5.74, 6) is 0.368. The summed E-state index contributed by atoms with van der Waals surface area (Å²) in [6, 6.07) is 7.86. The Morgan fingerprint density at radius 1 is 1.18 bits per heavy atom. The van der Waals surface area contributed by atoms with Crippen molar-refractivity contribution in [2.75, 3.05) is 0 Å². The Morgan fingerprint density at radius 2 is 1.88 bits per heavy atom. The lowest BCUT2D eigenvalue weighted by molar-refractivity contribution is 0.336. The summed E-state index contributed by atoms with van der Waals surface area (Å²) in [5.41, 5.74) is 0.936. The van der Waals surface area contributed by atoms with Crippen molar-refractivity contribution in [2.24, 2.45) is 5.92 Å². The third-order valence-corrected chi connectivity index (χ3v) is 4.12. The first-order valence-electron chi connectivity index (χ1n) is 6.07. The Labute approximate surface area is 112 Å². The van der Waals surface area contributed by atoms with Crippen molar-refractivity contribution in [3.63, 3.8) is 0 Å². The van der Waals surface area contributed by atoms with Crippen LogP contribution in [0.4, 0.5) is 0 Å². The predicted octanol–water partition coefficient (Wildman–Crippen LogP) is 5.18. The molecule has 1 aliphatic rings. The second kappa shape index (κ2) is 5.76. The van der Waals surface area contributed by atoms with E-state index in [2.05, 4.69) is 6.07 Å². The summed E-state index contributed by atoms with van der Waals surface area (Å²) in [5, 5.41) is 10.6. The van der Waals surface area contributed by atoms with E-state index in [0.29, 0.717) is 16.0 Å². The molecule has 0 aliphatic heterocycles. The average Bonchev–Trinajstić information content (AvgIpc) is 2.34. The van der Waals surface area contributed by atoms with E-state index in [1.807, 2.05) is 12.1 Å². The number of hydrogen-bond donors (Lipinski definition) is 0. The Morgan fingerprint density at radius 3 is 2.47 bits per heavy atom. The van der Waals surface area contributed by atoms with Crippen molar-refractivity contribution < 1.29 is 0 Å². The quantitative estimate of drug-likeness (QED) is 0.724. The van der Waals surface area contributed by atoms with E-state index in [-0.39, 0.29) is 5.92 Å². The molecule has 0 bridgehead atoms. The molecule has 1 nitrogen and oxygen atoms in total. The van der Waals surface area contributed by atoms with Gasteiger partial charge in [-0.2, -0.15) is 5.26 Å². The van der Waals surface area contributed by atoms with Gasteiger partial charge in [-0.1, -0.05) is 48.5 Å². The minimum absolute atomic E-state index is 0.0833. The minimum atomic E-state index is -0.0833. The molecule has 1 aromatic carbocycles. The summed E-state index contributed by atoms with van der Waals surface area (Å²) in [6.07, 6.45) is 6.03. The molecule has 1 atom stereocenters. The third-order valence-electron chi connectivity index (χ3n) is 3.56. The molecule has 1 fully saturated rings. The molecule has 1 unspecified atom stereocenters. The van der Waals surface area contributed by atoms with Gasteiger partial charge in [0, 0.05) is 10.0 Å². The van der Waals surface area contributed by atoms with E-state index >= 15 is 0 Å². The topological polar surface area (TPSA) is 23.8 Å². The van der Waals surface area contributed by atoms with Crippen molar-refractivity contribution in [2.45, 2.75) is 38.0 Å². The summed E-state index contributed by atoms with van der Waals surface area (Å²) in [7, 11) is 0. The van der Waals surface area contributed by atoms with E-state index < -0.39 is 0 Å². The number of rotatable bonds is 2. The van der Waals surface area contributed by atoms with Gasteiger partial charge in [-0.3, -0.25) is 0 Å². The number of halogens is 2. The number of hydrogen-bond acceptors (Lipinski definition) is 1. The lowest BCUT2D eigenvalue weighted by Gasteiger charge is -2.26. The molecule has 3 heteroatoms. The Hall–Kier alpha value is -0.710. The molecule has 0 heterocycles. The van der Waals surface area contributed by atoms with Crippen LogP contribution in [0.2, 0.25) is 10.0 Å². The SMILES string of the molecule is N#CC(c1ccc(Cl)cc1Cl)C1CCCCC1. The first-order chi connectivity index (χ1) is 8.22. The maximum Gasteiger partial charge on any atom is 0.0755 e. The molecule has 1 aliphatic carbocycles. The molecular formula is C14H15Cl2N. The zero-order valence-electron chi connectivity index (χ0n) is 9.63. The molecule has 0 N–H and O–H groups in total. The van der Waals surface area contributed by atoms with Gasteiger partial charge < -0.3 is 0 Å². The molecule has 17 heavy (non-hydrogen) atoms. The van der Waals surface area contributed by atoms with E-state index in [1.165, 1.54) is 19.3 Å². The van der Waals surface area contributed by atoms with E-state index in [1.54, 1.807) is 6.07 Å². The Balaban J connectivity index is 2.25. The van der Waals surface area contributed by atoms with Crippen LogP contribution in [0.25, 0.3) is 0 Å². The zero-order chi connectivity index (χ0) is 12.3. The highest BCUT2D eigenvalue weighted by Gasteiger charge is 2.26. The highest BCUT2D eigenvalue weighted by atomic mass is 35.5. The van der Waals surface area contributed by atoms with Crippen LogP contribution in [-0.4, -0.2) is 0 Å². The van der Waals surface area contributed by atoms with Crippen molar-refractivity contribution in [3.8, 4) is 6.07 Å². The van der Waals surface area contributed by atoms with Gasteiger partial charge in [-0.25, -0.2) is 0 Å². The maximum atomic E-state index is 9.38. The molecule has 2 rings (SSSR count). The molecule has 0 spiro atoms. The molecule has 0 radical (unpaired) electrons. The fraction of sp³-hybridized carbons (Fsp3) is 0.500. The van der Waals surface area contributed by atoms with Crippen LogP contribution in [0.3, 0.4) is 0 Å². The van der Waals surface area contributed by atoms with Gasteiger partial charge in [-0.05, 0) is 36.5 Å². The van der Waals surface area contributed by atoms with Gasteiger partial charge in [0.25, 0.3) is 0 Å². The van der Waals surface area contributed by atoms with E-state index in [0.717, 1.165) is 18.4 Å².